The van der Waals surface area contributed by atoms with Crippen molar-refractivity contribution < 1.29 is 5.32 Å². The van der Waals surface area contributed by atoms with E-state index in [0.29, 0.717) is 0 Å². The molecule has 14 heavy (non-hydrogen) atoms. The van der Waals surface area contributed by atoms with Crippen LogP contribution in [0.3, 0.4) is 0 Å². The molecule has 0 amide bonds. The van der Waals surface area contributed by atoms with Gasteiger partial charge in [-0.1, -0.05) is 41.4 Å². The van der Waals surface area contributed by atoms with Crippen LogP contribution < -0.4 is 5.32 Å². The first-order valence-corrected chi connectivity index (χ1v) is 6.18. The Hall–Kier alpha value is -0.340. The summed E-state index contributed by atoms with van der Waals surface area (Å²) in [7, 11) is 0. The number of benzene rings is 1. The molecule has 0 atom stereocenters. The summed E-state index contributed by atoms with van der Waals surface area (Å²) in [6.45, 7) is 4.60. The summed E-state index contributed by atoms with van der Waals surface area (Å²) in [6, 6.07) is 8.54. The first kappa shape index (κ1) is 11.7. The van der Waals surface area contributed by atoms with Crippen molar-refractivity contribution in [2.45, 2.75) is 32.7 Å². The van der Waals surface area contributed by atoms with Crippen LogP contribution in [0.5, 0.6) is 0 Å². The minimum atomic E-state index is 1.10. The van der Waals surface area contributed by atoms with Crippen molar-refractivity contribution >= 4 is 15.9 Å². The van der Waals surface area contributed by atoms with Gasteiger partial charge in [-0.3, -0.25) is 0 Å². The summed E-state index contributed by atoms with van der Waals surface area (Å²) >= 11 is 3.48. The van der Waals surface area contributed by atoms with Crippen LogP contribution in [0.25, 0.3) is 0 Å². The predicted octanol–water partition coefficient (Wildman–Crippen LogP) is 2.70. The third-order valence-corrected chi connectivity index (χ3v) is 2.77. The van der Waals surface area contributed by atoms with Gasteiger partial charge in [-0.15, -0.1) is 0 Å². The van der Waals surface area contributed by atoms with Crippen LogP contribution in [0.1, 0.15) is 31.7 Å². The number of nitrogens with two attached hydrogens (primary N) is 1. The Morgan fingerprint density at radius 2 is 2.14 bits per heavy atom. The first-order chi connectivity index (χ1) is 6.83. The van der Waals surface area contributed by atoms with E-state index in [1.165, 1.54) is 35.8 Å². The van der Waals surface area contributed by atoms with Crippen LogP contribution in [0.4, 0.5) is 0 Å². The number of hydrogen-bond acceptors (Lipinski definition) is 0. The molecule has 0 aliphatic rings. The summed E-state index contributed by atoms with van der Waals surface area (Å²) in [5.41, 5.74) is 1.40. The molecule has 1 aromatic rings. The Kier molecular flexibility index (Phi) is 5.88. The Balaban J connectivity index is 2.18. The lowest BCUT2D eigenvalue weighted by Crippen LogP contribution is -2.82. The summed E-state index contributed by atoms with van der Waals surface area (Å²) in [6.07, 6.45) is 4.00. The number of quaternary nitrogens is 1. The van der Waals surface area contributed by atoms with E-state index in [0.717, 1.165) is 6.54 Å². The zero-order valence-corrected chi connectivity index (χ0v) is 10.4. The van der Waals surface area contributed by atoms with Gasteiger partial charge in [0.15, 0.2) is 0 Å². The molecular weight excluding hydrogens is 238 g/mol. The maximum atomic E-state index is 3.48. The quantitative estimate of drug-likeness (QED) is 0.754. The lowest BCUT2D eigenvalue weighted by molar-refractivity contribution is -0.671. The van der Waals surface area contributed by atoms with Gasteiger partial charge in [0.2, 0.25) is 0 Å². The highest BCUT2D eigenvalue weighted by atomic mass is 79.9. The molecular formula is C12H19BrN+. The fourth-order valence-electron chi connectivity index (χ4n) is 1.47. The van der Waals surface area contributed by atoms with E-state index in [4.69, 9.17) is 0 Å². The molecule has 78 valence electrons. The van der Waals surface area contributed by atoms with E-state index >= 15 is 0 Å². The first-order valence-electron chi connectivity index (χ1n) is 5.39. The van der Waals surface area contributed by atoms with Gasteiger partial charge >= 0.3 is 0 Å². The van der Waals surface area contributed by atoms with Crippen LogP contribution in [0.2, 0.25) is 0 Å². The topological polar surface area (TPSA) is 16.6 Å². The molecule has 0 spiro atoms. The smallest absolute Gasteiger partial charge is 0.101 e. The summed E-state index contributed by atoms with van der Waals surface area (Å²) < 4.78 is 1.18. The standard InChI is InChI=1S/C12H18BrN/c1-2-3-4-8-14-10-11-6-5-7-12(13)9-11/h5-7,9,14H,2-4,8,10H2,1H3/p+1. The highest BCUT2D eigenvalue weighted by Gasteiger charge is 1.95. The molecule has 0 saturated heterocycles. The molecule has 2 heteroatoms. The molecule has 2 N–H and O–H groups in total. The molecule has 1 rings (SSSR count). The van der Waals surface area contributed by atoms with Crippen molar-refractivity contribution in [2.75, 3.05) is 6.54 Å². The van der Waals surface area contributed by atoms with Crippen molar-refractivity contribution in [2.24, 2.45) is 0 Å². The Bertz CT molecular complexity index is 260. The number of hydrogen-bond donors (Lipinski definition) is 1. The molecule has 1 nitrogen and oxygen atoms in total. The van der Waals surface area contributed by atoms with E-state index in [9.17, 15) is 0 Å². The number of halogens is 1. The monoisotopic (exact) mass is 256 g/mol. The second-order valence-corrected chi connectivity index (χ2v) is 4.53. The maximum absolute atomic E-state index is 3.48. The molecule has 1 aromatic carbocycles. The molecule has 0 aliphatic carbocycles. The Morgan fingerprint density at radius 1 is 1.29 bits per heavy atom. The SMILES string of the molecule is CCCCC[NH2+]Cc1cccc(Br)c1. The largest absolute Gasteiger partial charge is 0.343 e. The third-order valence-electron chi connectivity index (χ3n) is 2.28. The van der Waals surface area contributed by atoms with Crippen LogP contribution >= 0.6 is 15.9 Å². The van der Waals surface area contributed by atoms with Crippen LogP contribution in [0.15, 0.2) is 28.7 Å². The van der Waals surface area contributed by atoms with E-state index in [-0.39, 0.29) is 0 Å². The van der Waals surface area contributed by atoms with Crippen molar-refractivity contribution in [1.82, 2.24) is 0 Å². The highest BCUT2D eigenvalue weighted by Crippen LogP contribution is 2.10. The van der Waals surface area contributed by atoms with Crippen LogP contribution in [-0.2, 0) is 6.54 Å². The average Bonchev–Trinajstić information content (AvgIpc) is 2.18. The van der Waals surface area contributed by atoms with Gasteiger partial charge < -0.3 is 5.32 Å². The second-order valence-electron chi connectivity index (χ2n) is 3.62. The Morgan fingerprint density at radius 3 is 2.86 bits per heavy atom. The molecule has 0 fully saturated rings. The average molecular weight is 257 g/mol. The normalized spacial score (nSPS) is 10.4. The molecule has 0 aromatic heterocycles. The predicted molar refractivity (Wildman–Crippen MR) is 64.2 cm³/mol. The fraction of sp³-hybridized carbons (Fsp3) is 0.500. The van der Waals surface area contributed by atoms with Gasteiger partial charge in [-0.25, -0.2) is 0 Å². The van der Waals surface area contributed by atoms with E-state index in [2.05, 4.69) is 52.4 Å². The van der Waals surface area contributed by atoms with Crippen LogP contribution in [0, 0.1) is 0 Å². The maximum Gasteiger partial charge on any atom is 0.101 e. The molecule has 0 bridgehead atoms. The lowest BCUT2D eigenvalue weighted by Gasteiger charge is -2.01. The van der Waals surface area contributed by atoms with Gasteiger partial charge in [-0.05, 0) is 25.0 Å². The molecule has 0 heterocycles. The fourth-order valence-corrected chi connectivity index (χ4v) is 1.92. The zero-order valence-electron chi connectivity index (χ0n) is 8.80. The third kappa shape index (κ3) is 4.77. The summed E-state index contributed by atoms with van der Waals surface area (Å²) in [5, 5.41) is 2.39. The van der Waals surface area contributed by atoms with Crippen molar-refractivity contribution in [3.63, 3.8) is 0 Å². The highest BCUT2D eigenvalue weighted by molar-refractivity contribution is 9.10. The van der Waals surface area contributed by atoms with Gasteiger partial charge in [0.25, 0.3) is 0 Å². The van der Waals surface area contributed by atoms with Gasteiger partial charge in [-0.2, -0.15) is 0 Å². The van der Waals surface area contributed by atoms with Gasteiger partial charge in [0.05, 0.1) is 6.54 Å². The molecule has 0 saturated carbocycles. The minimum Gasteiger partial charge on any atom is -0.343 e. The summed E-state index contributed by atoms with van der Waals surface area (Å²) in [5.74, 6) is 0. The molecule has 0 unspecified atom stereocenters. The van der Waals surface area contributed by atoms with E-state index < -0.39 is 0 Å². The molecule has 0 aliphatic heterocycles. The summed E-state index contributed by atoms with van der Waals surface area (Å²) in [4.78, 5) is 0. The van der Waals surface area contributed by atoms with E-state index in [1.807, 2.05) is 0 Å². The van der Waals surface area contributed by atoms with Crippen molar-refractivity contribution in [3.8, 4) is 0 Å². The molecule has 0 radical (unpaired) electrons. The van der Waals surface area contributed by atoms with Crippen molar-refractivity contribution in [1.29, 1.82) is 0 Å². The van der Waals surface area contributed by atoms with Gasteiger partial charge in [0, 0.05) is 10.0 Å². The zero-order chi connectivity index (χ0) is 10.2. The minimum absolute atomic E-state index is 1.10. The second kappa shape index (κ2) is 7.02. The van der Waals surface area contributed by atoms with Crippen LogP contribution in [-0.4, -0.2) is 6.54 Å². The van der Waals surface area contributed by atoms with Crippen molar-refractivity contribution in [3.05, 3.63) is 34.3 Å². The van der Waals surface area contributed by atoms with Gasteiger partial charge in [0.1, 0.15) is 6.54 Å². The number of unbranched alkanes of at least 4 members (excludes halogenated alkanes) is 2. The van der Waals surface area contributed by atoms with E-state index in [1.54, 1.807) is 0 Å². The lowest BCUT2D eigenvalue weighted by atomic mass is 10.2. The number of rotatable bonds is 6. The Labute approximate surface area is 95.0 Å².